The van der Waals surface area contributed by atoms with Crippen LogP contribution in [0.4, 0.5) is 0 Å². The highest BCUT2D eigenvalue weighted by atomic mass is 32.2. The molecule has 0 bridgehead atoms. The van der Waals surface area contributed by atoms with Crippen molar-refractivity contribution < 1.29 is 14.6 Å². The van der Waals surface area contributed by atoms with E-state index in [9.17, 15) is 4.79 Å². The molecular formula is C8H12O3S. The van der Waals surface area contributed by atoms with Crippen LogP contribution in [-0.2, 0) is 9.53 Å². The van der Waals surface area contributed by atoms with E-state index in [1.54, 1.807) is 17.8 Å². The molecule has 0 saturated carbocycles. The van der Waals surface area contributed by atoms with Crippen molar-refractivity contribution in [3.05, 3.63) is 12.7 Å². The molecule has 1 aliphatic rings. The summed E-state index contributed by atoms with van der Waals surface area (Å²) in [5, 5.41) is 8.92. The smallest absolute Gasteiger partial charge is 0.336 e. The molecule has 1 fully saturated rings. The molecule has 1 rings (SSSR count). The fourth-order valence-electron chi connectivity index (χ4n) is 1.11. The summed E-state index contributed by atoms with van der Waals surface area (Å²) in [6, 6.07) is 0. The van der Waals surface area contributed by atoms with Crippen LogP contribution in [-0.4, -0.2) is 34.8 Å². The van der Waals surface area contributed by atoms with Crippen LogP contribution in [0.15, 0.2) is 12.7 Å². The maximum absolute atomic E-state index is 10.9. The first-order chi connectivity index (χ1) is 5.71. The summed E-state index contributed by atoms with van der Waals surface area (Å²) < 4.78 is 5.26. The molecule has 1 saturated heterocycles. The number of hydrogen-bond donors (Lipinski definition) is 1. The van der Waals surface area contributed by atoms with E-state index in [1.165, 1.54) is 0 Å². The zero-order chi connectivity index (χ0) is 9.03. The van der Waals surface area contributed by atoms with Crippen molar-refractivity contribution in [2.75, 3.05) is 18.1 Å². The Kier molecular flexibility index (Phi) is 3.17. The molecule has 1 atom stereocenters. The maximum atomic E-state index is 10.9. The molecule has 0 aliphatic carbocycles. The van der Waals surface area contributed by atoms with E-state index in [1.807, 2.05) is 0 Å². The summed E-state index contributed by atoms with van der Waals surface area (Å²) in [6.07, 6.45) is 2.18. The average molecular weight is 188 g/mol. The second kappa shape index (κ2) is 3.96. The van der Waals surface area contributed by atoms with Gasteiger partial charge in [0.05, 0.1) is 6.61 Å². The first kappa shape index (κ1) is 9.61. The number of thioether (sulfide) groups is 1. The Morgan fingerprint density at radius 2 is 2.58 bits per heavy atom. The molecular weight excluding hydrogens is 176 g/mol. The summed E-state index contributed by atoms with van der Waals surface area (Å²) >= 11 is 1.62. The lowest BCUT2D eigenvalue weighted by molar-refractivity contribution is -0.160. The summed E-state index contributed by atoms with van der Waals surface area (Å²) in [6.45, 7) is 3.80. The Bertz CT molecular complexity index is 185. The molecule has 1 unspecified atom stereocenters. The predicted molar refractivity (Wildman–Crippen MR) is 48.5 cm³/mol. The number of carboxylic acids is 1. The van der Waals surface area contributed by atoms with Crippen molar-refractivity contribution in [1.82, 2.24) is 0 Å². The monoisotopic (exact) mass is 188 g/mol. The van der Waals surface area contributed by atoms with Crippen molar-refractivity contribution >= 4 is 17.7 Å². The van der Waals surface area contributed by atoms with E-state index in [4.69, 9.17) is 9.84 Å². The van der Waals surface area contributed by atoms with Gasteiger partial charge in [0.25, 0.3) is 0 Å². The largest absolute Gasteiger partial charge is 0.479 e. The maximum Gasteiger partial charge on any atom is 0.336 e. The molecule has 0 spiro atoms. The zero-order valence-corrected chi connectivity index (χ0v) is 7.60. The number of carboxylic acid groups (broad SMARTS) is 1. The molecule has 1 N–H and O–H groups in total. The molecule has 1 heterocycles. The first-order valence-corrected chi connectivity index (χ1v) is 4.93. The second-order valence-corrected chi connectivity index (χ2v) is 3.81. The number of ether oxygens (including phenoxy) is 1. The number of aliphatic carboxylic acids is 1. The van der Waals surface area contributed by atoms with Crippen molar-refractivity contribution in [3.8, 4) is 0 Å². The average Bonchev–Trinajstić information content (AvgIpc) is 2.50. The van der Waals surface area contributed by atoms with Crippen LogP contribution in [0.3, 0.4) is 0 Å². The lowest BCUT2D eigenvalue weighted by atomic mass is 10.0. The van der Waals surface area contributed by atoms with Gasteiger partial charge in [0.2, 0.25) is 0 Å². The summed E-state index contributed by atoms with van der Waals surface area (Å²) in [5.41, 5.74) is -0.946. The second-order valence-electron chi connectivity index (χ2n) is 2.70. The SMILES string of the molecule is C=CCOC1(C(=O)O)CCSC1. The molecule has 3 nitrogen and oxygen atoms in total. The van der Waals surface area contributed by atoms with Gasteiger partial charge in [-0.1, -0.05) is 6.08 Å². The quantitative estimate of drug-likeness (QED) is 0.672. The van der Waals surface area contributed by atoms with Crippen LogP contribution >= 0.6 is 11.8 Å². The molecule has 4 heteroatoms. The van der Waals surface area contributed by atoms with Gasteiger partial charge in [-0.2, -0.15) is 11.8 Å². The highest BCUT2D eigenvalue weighted by Crippen LogP contribution is 2.31. The lowest BCUT2D eigenvalue weighted by Crippen LogP contribution is -2.41. The normalized spacial score (nSPS) is 28.7. The first-order valence-electron chi connectivity index (χ1n) is 3.77. The molecule has 0 amide bonds. The van der Waals surface area contributed by atoms with Gasteiger partial charge < -0.3 is 9.84 Å². The number of rotatable bonds is 4. The van der Waals surface area contributed by atoms with E-state index in [0.717, 1.165) is 5.75 Å². The molecule has 12 heavy (non-hydrogen) atoms. The molecule has 1 aliphatic heterocycles. The zero-order valence-electron chi connectivity index (χ0n) is 6.78. The van der Waals surface area contributed by atoms with E-state index in [2.05, 4.69) is 6.58 Å². The Balaban J connectivity index is 2.58. The van der Waals surface area contributed by atoms with Gasteiger partial charge in [-0.3, -0.25) is 0 Å². The van der Waals surface area contributed by atoms with Gasteiger partial charge in [-0.15, -0.1) is 6.58 Å². The highest BCUT2D eigenvalue weighted by Gasteiger charge is 2.42. The molecule has 0 aromatic carbocycles. The third-order valence-corrected chi connectivity index (χ3v) is 3.02. The minimum atomic E-state index is -0.946. The minimum absolute atomic E-state index is 0.312. The molecule has 0 aromatic heterocycles. The summed E-state index contributed by atoms with van der Waals surface area (Å²) in [7, 11) is 0. The number of carbonyl (C=O) groups is 1. The lowest BCUT2D eigenvalue weighted by Gasteiger charge is -2.22. The van der Waals surface area contributed by atoms with Gasteiger partial charge in [0.15, 0.2) is 5.60 Å². The van der Waals surface area contributed by atoms with Gasteiger partial charge >= 0.3 is 5.97 Å². The van der Waals surface area contributed by atoms with Gasteiger partial charge in [-0.25, -0.2) is 4.79 Å². The molecule has 0 aromatic rings. The topological polar surface area (TPSA) is 46.5 Å². The Morgan fingerprint density at radius 3 is 3.00 bits per heavy atom. The number of hydrogen-bond acceptors (Lipinski definition) is 3. The Morgan fingerprint density at radius 1 is 1.83 bits per heavy atom. The van der Waals surface area contributed by atoms with Gasteiger partial charge in [-0.05, 0) is 12.2 Å². The van der Waals surface area contributed by atoms with Crippen LogP contribution in [0.25, 0.3) is 0 Å². The van der Waals surface area contributed by atoms with Crippen LogP contribution in [0.1, 0.15) is 6.42 Å². The van der Waals surface area contributed by atoms with E-state index < -0.39 is 11.6 Å². The van der Waals surface area contributed by atoms with Gasteiger partial charge in [0, 0.05) is 5.75 Å². The van der Waals surface area contributed by atoms with Crippen molar-refractivity contribution in [2.24, 2.45) is 0 Å². The van der Waals surface area contributed by atoms with Crippen LogP contribution in [0.5, 0.6) is 0 Å². The van der Waals surface area contributed by atoms with E-state index in [-0.39, 0.29) is 0 Å². The Hall–Kier alpha value is -0.480. The van der Waals surface area contributed by atoms with Gasteiger partial charge in [0.1, 0.15) is 0 Å². The van der Waals surface area contributed by atoms with Crippen molar-refractivity contribution in [1.29, 1.82) is 0 Å². The standard InChI is InChI=1S/C8H12O3S/c1-2-4-11-8(7(9)10)3-5-12-6-8/h2H,1,3-6H2,(H,9,10). The van der Waals surface area contributed by atoms with Crippen molar-refractivity contribution in [2.45, 2.75) is 12.0 Å². The van der Waals surface area contributed by atoms with E-state index in [0.29, 0.717) is 18.8 Å². The summed E-state index contributed by atoms with van der Waals surface area (Å²) in [4.78, 5) is 10.9. The van der Waals surface area contributed by atoms with E-state index >= 15 is 0 Å². The third kappa shape index (κ3) is 1.81. The van der Waals surface area contributed by atoms with Crippen LogP contribution < -0.4 is 0 Å². The molecule has 68 valence electrons. The van der Waals surface area contributed by atoms with Crippen molar-refractivity contribution in [3.63, 3.8) is 0 Å². The molecule has 0 radical (unpaired) electrons. The highest BCUT2D eigenvalue weighted by molar-refractivity contribution is 7.99. The predicted octanol–water partition coefficient (Wildman–Crippen LogP) is 1.15. The fourth-order valence-corrected chi connectivity index (χ4v) is 2.41. The third-order valence-electron chi connectivity index (χ3n) is 1.85. The fraction of sp³-hybridized carbons (Fsp3) is 0.625. The summed E-state index contributed by atoms with van der Waals surface area (Å²) in [5.74, 6) is 0.564. The van der Waals surface area contributed by atoms with Crippen LogP contribution in [0.2, 0.25) is 0 Å². The Labute approximate surface area is 75.8 Å². The van der Waals surface area contributed by atoms with Crippen LogP contribution in [0, 0.1) is 0 Å². The minimum Gasteiger partial charge on any atom is -0.479 e.